The van der Waals surface area contributed by atoms with E-state index >= 15 is 0 Å². The van der Waals surface area contributed by atoms with Crippen LogP contribution in [-0.4, -0.2) is 61.3 Å². The van der Waals surface area contributed by atoms with Gasteiger partial charge in [-0.1, -0.05) is 18.2 Å². The minimum absolute atomic E-state index is 0.0392. The van der Waals surface area contributed by atoms with E-state index in [0.29, 0.717) is 6.54 Å². The van der Waals surface area contributed by atoms with Crippen LogP contribution in [0.2, 0.25) is 0 Å². The number of carbonyl (C=O) groups is 2. The number of hydrogen-bond acceptors (Lipinski definition) is 4. The van der Waals surface area contributed by atoms with Gasteiger partial charge in [-0.15, -0.1) is 0 Å². The highest BCUT2D eigenvalue weighted by molar-refractivity contribution is 5.94. The highest BCUT2D eigenvalue weighted by Crippen LogP contribution is 2.24. The molecule has 0 aliphatic carbocycles. The Morgan fingerprint density at radius 3 is 2.48 bits per heavy atom. The normalized spacial score (nSPS) is 16.2. The monoisotopic (exact) mass is 320 g/mol. The fraction of sp³-hybridized carbons (Fsp3) is 0.529. The van der Waals surface area contributed by atoms with E-state index in [4.69, 9.17) is 9.84 Å². The molecule has 126 valence electrons. The Morgan fingerprint density at radius 2 is 1.91 bits per heavy atom. The van der Waals surface area contributed by atoms with Crippen LogP contribution in [0.3, 0.4) is 0 Å². The van der Waals surface area contributed by atoms with Crippen molar-refractivity contribution >= 4 is 17.6 Å². The van der Waals surface area contributed by atoms with Gasteiger partial charge in [0.15, 0.2) is 0 Å². The van der Waals surface area contributed by atoms with Gasteiger partial charge in [0.1, 0.15) is 6.61 Å². The van der Waals surface area contributed by atoms with Gasteiger partial charge in [-0.25, -0.2) is 0 Å². The topological polar surface area (TPSA) is 70.1 Å². The molecule has 6 nitrogen and oxygen atoms in total. The zero-order valence-electron chi connectivity index (χ0n) is 13.5. The third-order valence-electron chi connectivity index (χ3n) is 4.14. The number of para-hydroxylation sites is 1. The van der Waals surface area contributed by atoms with E-state index in [1.165, 1.54) is 7.11 Å². The third-order valence-corrected chi connectivity index (χ3v) is 4.14. The second-order valence-electron chi connectivity index (χ2n) is 5.75. The Morgan fingerprint density at radius 1 is 1.26 bits per heavy atom. The largest absolute Gasteiger partial charge is 0.481 e. The predicted octanol–water partition coefficient (Wildman–Crippen LogP) is 1.61. The SMILES string of the molecule is COCC(=O)N(c1ccccc1)C1CCN(CCC(=O)O)CC1. The van der Waals surface area contributed by atoms with E-state index in [9.17, 15) is 9.59 Å². The molecule has 1 saturated heterocycles. The molecule has 0 unspecified atom stereocenters. The van der Waals surface area contributed by atoms with Gasteiger partial charge >= 0.3 is 5.97 Å². The molecule has 0 spiro atoms. The lowest BCUT2D eigenvalue weighted by atomic mass is 10.0. The smallest absolute Gasteiger partial charge is 0.304 e. The number of likely N-dealkylation sites (tertiary alicyclic amines) is 1. The number of carboxylic acids is 1. The number of anilines is 1. The zero-order valence-corrected chi connectivity index (χ0v) is 13.5. The Balaban J connectivity index is 2.01. The maximum atomic E-state index is 12.4. The molecule has 1 aliphatic rings. The average molecular weight is 320 g/mol. The van der Waals surface area contributed by atoms with Crippen LogP contribution in [-0.2, 0) is 14.3 Å². The van der Waals surface area contributed by atoms with E-state index in [-0.39, 0.29) is 25.0 Å². The van der Waals surface area contributed by atoms with Crippen LogP contribution in [0.25, 0.3) is 0 Å². The summed E-state index contributed by atoms with van der Waals surface area (Å²) in [6.07, 6.45) is 1.84. The van der Waals surface area contributed by atoms with Crippen molar-refractivity contribution in [2.45, 2.75) is 25.3 Å². The quantitative estimate of drug-likeness (QED) is 0.826. The van der Waals surface area contributed by atoms with Gasteiger partial charge in [0, 0.05) is 38.5 Å². The van der Waals surface area contributed by atoms with Gasteiger partial charge in [0.2, 0.25) is 0 Å². The zero-order chi connectivity index (χ0) is 16.7. The summed E-state index contributed by atoms with van der Waals surface area (Å²) in [5, 5.41) is 8.77. The van der Waals surface area contributed by atoms with Gasteiger partial charge in [-0.2, -0.15) is 0 Å². The van der Waals surface area contributed by atoms with Crippen molar-refractivity contribution < 1.29 is 19.4 Å². The van der Waals surface area contributed by atoms with Crippen LogP contribution >= 0.6 is 0 Å². The first-order valence-electron chi connectivity index (χ1n) is 7.92. The number of piperidine rings is 1. The van der Waals surface area contributed by atoms with E-state index < -0.39 is 5.97 Å². The number of benzene rings is 1. The molecule has 6 heteroatoms. The molecule has 0 saturated carbocycles. The summed E-state index contributed by atoms with van der Waals surface area (Å²) in [6, 6.07) is 9.77. The number of carboxylic acid groups (broad SMARTS) is 1. The molecule has 1 heterocycles. The van der Waals surface area contributed by atoms with Crippen LogP contribution in [0.1, 0.15) is 19.3 Å². The maximum Gasteiger partial charge on any atom is 0.304 e. The molecule has 1 amide bonds. The average Bonchev–Trinajstić information content (AvgIpc) is 2.55. The predicted molar refractivity (Wildman–Crippen MR) is 87.5 cm³/mol. The summed E-state index contributed by atoms with van der Waals surface area (Å²) >= 11 is 0. The Bertz CT molecular complexity index is 513. The van der Waals surface area contributed by atoms with E-state index in [1.807, 2.05) is 35.2 Å². The first kappa shape index (κ1) is 17.4. The molecule has 0 atom stereocenters. The van der Waals surface area contributed by atoms with Crippen LogP contribution in [0.5, 0.6) is 0 Å². The molecule has 0 radical (unpaired) electrons. The minimum atomic E-state index is -0.770. The molecule has 0 aromatic heterocycles. The van der Waals surface area contributed by atoms with Crippen LogP contribution < -0.4 is 4.90 Å². The molecule has 1 aromatic carbocycles. The lowest BCUT2D eigenvalue weighted by molar-refractivity contribution is -0.137. The van der Waals surface area contributed by atoms with E-state index in [0.717, 1.165) is 31.6 Å². The number of ether oxygens (including phenoxy) is 1. The Kier molecular flexibility index (Phi) is 6.55. The fourth-order valence-corrected chi connectivity index (χ4v) is 2.99. The Hall–Kier alpha value is -1.92. The first-order valence-corrected chi connectivity index (χ1v) is 7.92. The van der Waals surface area contributed by atoms with Gasteiger partial charge in [-0.05, 0) is 25.0 Å². The number of methoxy groups -OCH3 is 1. The Labute approximate surface area is 136 Å². The van der Waals surface area contributed by atoms with Gasteiger partial charge in [-0.3, -0.25) is 9.59 Å². The van der Waals surface area contributed by atoms with Crippen molar-refractivity contribution in [2.24, 2.45) is 0 Å². The third kappa shape index (κ3) is 5.04. The number of aliphatic carboxylic acids is 1. The first-order chi connectivity index (χ1) is 11.1. The van der Waals surface area contributed by atoms with Crippen molar-refractivity contribution in [2.75, 3.05) is 38.3 Å². The number of carbonyl (C=O) groups excluding carboxylic acids is 1. The van der Waals surface area contributed by atoms with Gasteiger partial charge < -0.3 is 19.6 Å². The van der Waals surface area contributed by atoms with Crippen molar-refractivity contribution in [1.82, 2.24) is 4.90 Å². The summed E-state index contributed by atoms with van der Waals surface area (Å²) in [5.74, 6) is -0.809. The lowest BCUT2D eigenvalue weighted by Crippen LogP contribution is -2.49. The molecule has 1 N–H and O–H groups in total. The fourth-order valence-electron chi connectivity index (χ4n) is 2.99. The van der Waals surface area contributed by atoms with Gasteiger partial charge in [0.25, 0.3) is 5.91 Å². The van der Waals surface area contributed by atoms with Crippen molar-refractivity contribution in [3.63, 3.8) is 0 Å². The number of nitrogens with zero attached hydrogens (tertiary/aromatic N) is 2. The summed E-state index contributed by atoms with van der Waals surface area (Å²) < 4.78 is 5.02. The molecular weight excluding hydrogens is 296 g/mol. The summed E-state index contributed by atoms with van der Waals surface area (Å²) in [5.41, 5.74) is 0.888. The molecule has 23 heavy (non-hydrogen) atoms. The van der Waals surface area contributed by atoms with Gasteiger partial charge in [0.05, 0.1) is 6.42 Å². The summed E-state index contributed by atoms with van der Waals surface area (Å²) in [6.45, 7) is 2.25. The van der Waals surface area contributed by atoms with Crippen molar-refractivity contribution in [1.29, 1.82) is 0 Å². The second kappa shape index (κ2) is 8.64. The number of amides is 1. The molecule has 2 rings (SSSR count). The van der Waals surface area contributed by atoms with Crippen LogP contribution in [0.4, 0.5) is 5.69 Å². The van der Waals surface area contributed by atoms with Crippen LogP contribution in [0.15, 0.2) is 30.3 Å². The summed E-state index contributed by atoms with van der Waals surface area (Å²) in [7, 11) is 1.52. The minimum Gasteiger partial charge on any atom is -0.481 e. The lowest BCUT2D eigenvalue weighted by Gasteiger charge is -2.38. The van der Waals surface area contributed by atoms with Crippen LogP contribution in [0, 0.1) is 0 Å². The summed E-state index contributed by atoms with van der Waals surface area (Å²) in [4.78, 5) is 27.1. The molecular formula is C17H24N2O4. The standard InChI is InChI=1S/C17H24N2O4/c1-23-13-16(20)19(14-5-3-2-4-6-14)15-7-10-18(11-8-15)12-9-17(21)22/h2-6,15H,7-13H2,1H3,(H,21,22). The maximum absolute atomic E-state index is 12.4. The number of rotatable bonds is 7. The second-order valence-corrected chi connectivity index (χ2v) is 5.75. The van der Waals surface area contributed by atoms with E-state index in [1.54, 1.807) is 0 Å². The number of hydrogen-bond donors (Lipinski definition) is 1. The van der Waals surface area contributed by atoms with E-state index in [2.05, 4.69) is 4.90 Å². The highest BCUT2D eigenvalue weighted by atomic mass is 16.5. The molecule has 0 bridgehead atoms. The van der Waals surface area contributed by atoms with Crippen molar-refractivity contribution in [3.8, 4) is 0 Å². The highest BCUT2D eigenvalue weighted by Gasteiger charge is 2.29. The molecule has 1 fully saturated rings. The molecule has 1 aromatic rings. The molecule has 1 aliphatic heterocycles. The van der Waals surface area contributed by atoms with Crippen molar-refractivity contribution in [3.05, 3.63) is 30.3 Å².